The minimum atomic E-state index is -0.122. The van der Waals surface area contributed by atoms with Gasteiger partial charge in [0.05, 0.1) is 5.85 Å². The first-order chi connectivity index (χ1) is 4.04. The van der Waals surface area contributed by atoms with Gasteiger partial charge in [-0.05, 0) is 32.8 Å². The number of aliphatic hydroxyl groups is 1. The molecule has 1 N–H and O–H groups in total. The average molecular weight is 166 g/mol. The van der Waals surface area contributed by atoms with Gasteiger partial charge in [-0.3, -0.25) is 0 Å². The van der Waals surface area contributed by atoms with Gasteiger partial charge in [-0.25, -0.2) is 0 Å². The molecule has 9 heavy (non-hydrogen) atoms. The molecule has 0 radical (unpaired) electrons. The van der Waals surface area contributed by atoms with E-state index in [4.69, 9.17) is 0 Å². The van der Waals surface area contributed by atoms with Crippen LogP contribution in [0.2, 0.25) is 0 Å². The molecule has 1 nitrogen and oxygen atoms in total. The molecule has 0 bridgehead atoms. The molecule has 1 unspecified atom stereocenters. The van der Waals surface area contributed by atoms with Gasteiger partial charge in [0.1, 0.15) is 0 Å². The van der Waals surface area contributed by atoms with Crippen LogP contribution >= 0.6 is 15.8 Å². The first kappa shape index (κ1) is 9.82. The Kier molecular flexibility index (Phi) is 5.03. The molecule has 0 aromatic carbocycles. The summed E-state index contributed by atoms with van der Waals surface area (Å²) < 4.78 is 0. The number of hydrogen-bond acceptors (Lipinski definition) is 1. The predicted octanol–water partition coefficient (Wildman–Crippen LogP) is 1.79. The van der Waals surface area contributed by atoms with Crippen molar-refractivity contribution < 1.29 is 5.11 Å². The van der Waals surface area contributed by atoms with Crippen molar-refractivity contribution in [2.75, 3.05) is 32.8 Å². The minimum Gasteiger partial charge on any atom is -0.388 e. The zero-order chi connectivity index (χ0) is 7.44. The zero-order valence-corrected chi connectivity index (χ0v) is 8.41. The molecule has 0 aromatic rings. The summed E-state index contributed by atoms with van der Waals surface area (Å²) in [5.74, 6) is -0.0129. The molecular weight excluding hydrogens is 150 g/mol. The Morgan fingerprint density at radius 2 is 1.67 bits per heavy atom. The van der Waals surface area contributed by atoms with Crippen molar-refractivity contribution in [3.63, 3.8) is 0 Å². The van der Waals surface area contributed by atoms with E-state index >= 15 is 0 Å². The van der Waals surface area contributed by atoms with Crippen LogP contribution in [0.3, 0.4) is 0 Å². The molecule has 3 heteroatoms. The first-order valence-electron chi connectivity index (χ1n) is 3.03. The smallest absolute Gasteiger partial charge is 0.0764 e. The van der Waals surface area contributed by atoms with E-state index in [1.54, 1.807) is 0 Å². The first-order valence-corrected chi connectivity index (χ1v) is 7.76. The van der Waals surface area contributed by atoms with E-state index in [0.29, 0.717) is 0 Å². The Morgan fingerprint density at radius 1 is 1.22 bits per heavy atom. The van der Waals surface area contributed by atoms with Crippen molar-refractivity contribution in [2.24, 2.45) is 0 Å². The third-order valence-corrected chi connectivity index (χ3v) is 3.86. The highest BCUT2D eigenvalue weighted by Gasteiger charge is 2.08. The van der Waals surface area contributed by atoms with Crippen molar-refractivity contribution >= 4 is 15.8 Å². The van der Waals surface area contributed by atoms with Gasteiger partial charge >= 0.3 is 0 Å². The highest BCUT2D eigenvalue weighted by atomic mass is 31.1. The van der Waals surface area contributed by atoms with Crippen molar-refractivity contribution in [1.29, 1.82) is 0 Å². The van der Waals surface area contributed by atoms with Crippen LogP contribution in [-0.4, -0.2) is 43.8 Å². The third-order valence-electron chi connectivity index (χ3n) is 1.12. The normalized spacial score (nSPS) is 15.0. The van der Waals surface area contributed by atoms with E-state index in [1.165, 1.54) is 0 Å². The SMILES string of the molecule is CP(C)CC(O)P(C)C. The highest BCUT2D eigenvalue weighted by molar-refractivity contribution is 7.60. The van der Waals surface area contributed by atoms with Crippen molar-refractivity contribution in [3.8, 4) is 0 Å². The van der Waals surface area contributed by atoms with E-state index in [0.717, 1.165) is 6.16 Å². The van der Waals surface area contributed by atoms with Gasteiger partial charge in [-0.2, -0.15) is 0 Å². The summed E-state index contributed by atoms with van der Waals surface area (Å²) in [4.78, 5) is 0. The maximum Gasteiger partial charge on any atom is 0.0764 e. The summed E-state index contributed by atoms with van der Waals surface area (Å²) in [7, 11) is -0.0285. The Bertz CT molecular complexity index is 73.5. The van der Waals surface area contributed by atoms with Crippen LogP contribution in [0.15, 0.2) is 0 Å². The van der Waals surface area contributed by atoms with E-state index in [2.05, 4.69) is 26.7 Å². The molecule has 0 saturated carbocycles. The monoisotopic (exact) mass is 166 g/mol. The molecule has 0 aliphatic rings. The quantitative estimate of drug-likeness (QED) is 0.633. The molecule has 0 saturated heterocycles. The van der Waals surface area contributed by atoms with Crippen LogP contribution in [0.5, 0.6) is 0 Å². The molecule has 0 aliphatic carbocycles. The van der Waals surface area contributed by atoms with Gasteiger partial charge in [0.25, 0.3) is 0 Å². The second-order valence-electron chi connectivity index (χ2n) is 2.71. The van der Waals surface area contributed by atoms with Crippen LogP contribution < -0.4 is 0 Å². The maximum absolute atomic E-state index is 9.34. The topological polar surface area (TPSA) is 20.2 Å². The summed E-state index contributed by atoms with van der Waals surface area (Å²) >= 11 is 0. The predicted molar refractivity (Wildman–Crippen MR) is 48.4 cm³/mol. The van der Waals surface area contributed by atoms with Crippen LogP contribution in [0.25, 0.3) is 0 Å². The standard InChI is InChI=1S/C6H16OP2/c1-8(2)5-6(7)9(3)4/h6-7H,5H2,1-4H3. The fourth-order valence-electron chi connectivity index (χ4n) is 0.490. The summed E-state index contributed by atoms with van der Waals surface area (Å²) in [6.45, 7) is 8.66. The van der Waals surface area contributed by atoms with E-state index < -0.39 is 0 Å². The second-order valence-corrected chi connectivity index (χ2v) is 7.75. The van der Waals surface area contributed by atoms with Crippen molar-refractivity contribution in [3.05, 3.63) is 0 Å². The molecule has 0 amide bonds. The lowest BCUT2D eigenvalue weighted by atomic mass is 10.9. The van der Waals surface area contributed by atoms with Gasteiger partial charge in [-0.1, -0.05) is 7.92 Å². The summed E-state index contributed by atoms with van der Waals surface area (Å²) in [6.07, 6.45) is 1.02. The fraction of sp³-hybridized carbons (Fsp3) is 1.00. The lowest BCUT2D eigenvalue weighted by Gasteiger charge is -2.16. The van der Waals surface area contributed by atoms with Gasteiger partial charge < -0.3 is 5.11 Å². The van der Waals surface area contributed by atoms with Crippen LogP contribution in [0.4, 0.5) is 0 Å². The molecule has 0 aromatic heterocycles. The zero-order valence-electron chi connectivity index (χ0n) is 6.63. The highest BCUT2D eigenvalue weighted by Crippen LogP contribution is 2.37. The molecular formula is C6H16OP2. The number of hydrogen-bond donors (Lipinski definition) is 1. The van der Waals surface area contributed by atoms with E-state index in [-0.39, 0.29) is 21.7 Å². The summed E-state index contributed by atoms with van der Waals surface area (Å²) in [5.41, 5.74) is 0. The Hall–Kier alpha value is 0.820. The van der Waals surface area contributed by atoms with Crippen molar-refractivity contribution in [1.82, 2.24) is 0 Å². The van der Waals surface area contributed by atoms with Gasteiger partial charge in [0, 0.05) is 0 Å². The van der Waals surface area contributed by atoms with Crippen molar-refractivity contribution in [2.45, 2.75) is 5.85 Å². The van der Waals surface area contributed by atoms with Gasteiger partial charge in [-0.15, -0.1) is 7.92 Å². The maximum atomic E-state index is 9.34. The van der Waals surface area contributed by atoms with Crippen LogP contribution in [-0.2, 0) is 0 Å². The second kappa shape index (κ2) is 4.61. The van der Waals surface area contributed by atoms with Crippen LogP contribution in [0.1, 0.15) is 0 Å². The lowest BCUT2D eigenvalue weighted by molar-refractivity contribution is 0.282. The summed E-state index contributed by atoms with van der Waals surface area (Å²) in [5, 5.41) is 9.34. The minimum absolute atomic E-state index is 0.0129. The molecule has 0 rings (SSSR count). The molecule has 0 aliphatic heterocycles. The lowest BCUT2D eigenvalue weighted by Crippen LogP contribution is -2.06. The van der Waals surface area contributed by atoms with E-state index in [9.17, 15) is 5.11 Å². The molecule has 0 fully saturated rings. The average Bonchev–Trinajstić information content (AvgIpc) is 1.63. The Balaban J connectivity index is 3.38. The third kappa shape index (κ3) is 5.27. The number of rotatable bonds is 3. The molecule has 56 valence electrons. The summed E-state index contributed by atoms with van der Waals surface area (Å²) in [6, 6.07) is 0. The molecule has 0 heterocycles. The van der Waals surface area contributed by atoms with Crippen LogP contribution in [0, 0.1) is 0 Å². The Morgan fingerprint density at radius 3 is 1.78 bits per heavy atom. The largest absolute Gasteiger partial charge is 0.388 e. The number of aliphatic hydroxyl groups excluding tert-OH is 1. The fourth-order valence-corrected chi connectivity index (χ4v) is 3.43. The van der Waals surface area contributed by atoms with Gasteiger partial charge in [0.2, 0.25) is 0 Å². The van der Waals surface area contributed by atoms with Gasteiger partial charge in [0.15, 0.2) is 0 Å². The van der Waals surface area contributed by atoms with E-state index in [1.807, 2.05) is 0 Å². The molecule has 1 atom stereocenters. The molecule has 0 spiro atoms. The Labute approximate surface area is 60.4 Å².